The van der Waals surface area contributed by atoms with E-state index >= 15 is 0 Å². The number of alkyl halides is 1. The fourth-order valence-corrected chi connectivity index (χ4v) is 3.63. The maximum atomic E-state index is 2.66. The Kier molecular flexibility index (Phi) is 3.70. The van der Waals surface area contributed by atoms with Gasteiger partial charge in [-0.3, -0.25) is 0 Å². The summed E-state index contributed by atoms with van der Waals surface area (Å²) in [4.78, 5) is 0. The van der Waals surface area contributed by atoms with E-state index in [2.05, 4.69) is 59.8 Å². The van der Waals surface area contributed by atoms with Crippen LogP contribution in [0.25, 0.3) is 0 Å². The van der Waals surface area contributed by atoms with Gasteiger partial charge in [0.1, 0.15) is 0 Å². The van der Waals surface area contributed by atoms with Crippen LogP contribution >= 0.6 is 22.6 Å². The van der Waals surface area contributed by atoms with Crippen LogP contribution in [0, 0.1) is 5.92 Å². The highest BCUT2D eigenvalue weighted by molar-refractivity contribution is 14.1. The van der Waals surface area contributed by atoms with Crippen LogP contribution in [0.15, 0.2) is 30.3 Å². The van der Waals surface area contributed by atoms with Gasteiger partial charge in [0.15, 0.2) is 0 Å². The Balaban J connectivity index is 2.18. The SMILES string of the molecule is CC(I)(c1ccccc1)C1CCCCC1. The Hall–Kier alpha value is -0.0500. The van der Waals surface area contributed by atoms with E-state index in [1.807, 2.05) is 0 Å². The fraction of sp³-hybridized carbons (Fsp3) is 0.571. The molecule has 1 aromatic carbocycles. The zero-order valence-electron chi connectivity index (χ0n) is 9.38. The monoisotopic (exact) mass is 314 g/mol. The Morgan fingerprint density at radius 2 is 1.67 bits per heavy atom. The van der Waals surface area contributed by atoms with E-state index in [-0.39, 0.29) is 0 Å². The predicted octanol–water partition coefficient (Wildman–Crippen LogP) is 4.92. The summed E-state index contributed by atoms with van der Waals surface area (Å²) in [6.07, 6.45) is 7.12. The van der Waals surface area contributed by atoms with E-state index in [0.717, 1.165) is 5.92 Å². The summed E-state index contributed by atoms with van der Waals surface area (Å²) in [6.45, 7) is 2.40. The van der Waals surface area contributed by atoms with Crippen molar-refractivity contribution in [2.75, 3.05) is 0 Å². The minimum Gasteiger partial charge on any atom is -0.0737 e. The molecule has 1 unspecified atom stereocenters. The Morgan fingerprint density at radius 1 is 1.07 bits per heavy atom. The molecule has 1 heteroatoms. The summed E-state index contributed by atoms with van der Waals surface area (Å²) in [5.74, 6) is 0.870. The normalized spacial score (nSPS) is 22.3. The van der Waals surface area contributed by atoms with E-state index in [0.29, 0.717) is 3.42 Å². The Morgan fingerprint density at radius 3 is 2.27 bits per heavy atom. The van der Waals surface area contributed by atoms with Gasteiger partial charge in [-0.25, -0.2) is 0 Å². The van der Waals surface area contributed by atoms with Gasteiger partial charge in [-0.2, -0.15) is 0 Å². The van der Waals surface area contributed by atoms with Gasteiger partial charge < -0.3 is 0 Å². The average molecular weight is 314 g/mol. The molecule has 0 N–H and O–H groups in total. The molecule has 0 saturated heterocycles. The molecule has 82 valence electrons. The van der Waals surface area contributed by atoms with E-state index in [9.17, 15) is 0 Å². The molecule has 0 heterocycles. The number of rotatable bonds is 2. The quantitative estimate of drug-likeness (QED) is 0.537. The van der Waals surface area contributed by atoms with Gasteiger partial charge in [-0.1, -0.05) is 72.2 Å². The largest absolute Gasteiger partial charge is 0.0737 e. The first-order chi connectivity index (χ1) is 7.21. The first-order valence-corrected chi connectivity index (χ1v) is 7.03. The van der Waals surface area contributed by atoms with Gasteiger partial charge in [0, 0.05) is 3.42 Å². The number of benzene rings is 1. The zero-order valence-corrected chi connectivity index (χ0v) is 11.5. The fourth-order valence-electron chi connectivity index (χ4n) is 2.64. The molecule has 2 rings (SSSR count). The second kappa shape index (κ2) is 4.86. The van der Waals surface area contributed by atoms with Crippen molar-refractivity contribution in [3.05, 3.63) is 35.9 Å². The highest BCUT2D eigenvalue weighted by Gasteiger charge is 2.33. The molecular formula is C14H19I. The lowest BCUT2D eigenvalue weighted by Crippen LogP contribution is -2.27. The second-order valence-electron chi connectivity index (χ2n) is 4.78. The van der Waals surface area contributed by atoms with Gasteiger partial charge in [-0.15, -0.1) is 0 Å². The van der Waals surface area contributed by atoms with Gasteiger partial charge in [-0.05, 0) is 31.2 Å². The third kappa shape index (κ3) is 2.55. The van der Waals surface area contributed by atoms with Gasteiger partial charge in [0.05, 0.1) is 0 Å². The molecule has 1 fully saturated rings. The van der Waals surface area contributed by atoms with Crippen LogP contribution in [-0.2, 0) is 3.42 Å². The third-order valence-electron chi connectivity index (χ3n) is 3.71. The Labute approximate surface area is 107 Å². The van der Waals surface area contributed by atoms with Crippen molar-refractivity contribution in [3.63, 3.8) is 0 Å². The first kappa shape index (κ1) is 11.4. The number of halogens is 1. The van der Waals surface area contributed by atoms with Gasteiger partial charge in [0.2, 0.25) is 0 Å². The van der Waals surface area contributed by atoms with E-state index in [1.165, 1.54) is 37.7 Å². The standard InChI is InChI=1S/C14H19I/c1-14(15,12-8-4-2-5-9-12)13-10-6-3-7-11-13/h2,4-5,8-9,13H,3,6-7,10-11H2,1H3. The zero-order chi connectivity index (χ0) is 10.7. The summed E-state index contributed by atoms with van der Waals surface area (Å²) in [5.41, 5.74) is 1.50. The van der Waals surface area contributed by atoms with Crippen LogP contribution in [0.1, 0.15) is 44.6 Å². The molecule has 15 heavy (non-hydrogen) atoms. The number of hydrogen-bond donors (Lipinski definition) is 0. The van der Waals surface area contributed by atoms with Crippen LogP contribution in [-0.4, -0.2) is 0 Å². The smallest absolute Gasteiger partial charge is 0.0470 e. The van der Waals surface area contributed by atoms with Crippen molar-refractivity contribution >= 4 is 22.6 Å². The summed E-state index contributed by atoms with van der Waals surface area (Å²) in [5, 5.41) is 0. The molecule has 0 radical (unpaired) electrons. The van der Waals surface area contributed by atoms with Crippen molar-refractivity contribution in [3.8, 4) is 0 Å². The van der Waals surface area contributed by atoms with Gasteiger partial charge >= 0.3 is 0 Å². The van der Waals surface area contributed by atoms with Crippen LogP contribution in [0.2, 0.25) is 0 Å². The molecule has 1 saturated carbocycles. The average Bonchev–Trinajstić information content (AvgIpc) is 2.31. The molecule has 0 aliphatic heterocycles. The van der Waals surface area contributed by atoms with Crippen molar-refractivity contribution < 1.29 is 0 Å². The van der Waals surface area contributed by atoms with Crippen LogP contribution in [0.4, 0.5) is 0 Å². The van der Waals surface area contributed by atoms with Crippen molar-refractivity contribution in [1.82, 2.24) is 0 Å². The van der Waals surface area contributed by atoms with Crippen LogP contribution in [0.5, 0.6) is 0 Å². The molecular weight excluding hydrogens is 295 g/mol. The second-order valence-corrected chi connectivity index (χ2v) is 7.02. The van der Waals surface area contributed by atoms with Crippen molar-refractivity contribution in [1.29, 1.82) is 0 Å². The molecule has 0 amide bonds. The first-order valence-electron chi connectivity index (χ1n) is 5.95. The maximum absolute atomic E-state index is 2.66. The maximum Gasteiger partial charge on any atom is 0.0470 e. The summed E-state index contributed by atoms with van der Waals surface area (Å²) >= 11 is 2.66. The summed E-state index contributed by atoms with van der Waals surface area (Å²) < 4.78 is 0.333. The lowest BCUT2D eigenvalue weighted by atomic mass is 9.78. The van der Waals surface area contributed by atoms with Crippen molar-refractivity contribution in [2.45, 2.75) is 42.4 Å². The van der Waals surface area contributed by atoms with E-state index in [4.69, 9.17) is 0 Å². The molecule has 1 atom stereocenters. The summed E-state index contributed by atoms with van der Waals surface area (Å²) in [6, 6.07) is 11.0. The van der Waals surface area contributed by atoms with Crippen molar-refractivity contribution in [2.24, 2.45) is 5.92 Å². The molecule has 0 bridgehead atoms. The Bertz CT molecular complexity index is 296. The molecule has 0 spiro atoms. The van der Waals surface area contributed by atoms with Crippen LogP contribution in [0.3, 0.4) is 0 Å². The third-order valence-corrected chi connectivity index (χ3v) is 5.21. The predicted molar refractivity (Wildman–Crippen MR) is 74.4 cm³/mol. The van der Waals surface area contributed by atoms with Crippen LogP contribution < -0.4 is 0 Å². The molecule has 0 aromatic heterocycles. The summed E-state index contributed by atoms with van der Waals surface area (Å²) in [7, 11) is 0. The molecule has 0 nitrogen and oxygen atoms in total. The van der Waals surface area contributed by atoms with E-state index < -0.39 is 0 Å². The molecule has 1 aliphatic carbocycles. The van der Waals surface area contributed by atoms with Gasteiger partial charge in [0.25, 0.3) is 0 Å². The number of hydrogen-bond acceptors (Lipinski definition) is 0. The highest BCUT2D eigenvalue weighted by Crippen LogP contribution is 2.45. The minimum atomic E-state index is 0.333. The lowest BCUT2D eigenvalue weighted by molar-refractivity contribution is 0.305. The minimum absolute atomic E-state index is 0.333. The molecule has 1 aromatic rings. The molecule has 1 aliphatic rings. The van der Waals surface area contributed by atoms with E-state index in [1.54, 1.807) is 0 Å². The highest BCUT2D eigenvalue weighted by atomic mass is 127. The topological polar surface area (TPSA) is 0 Å². The lowest BCUT2D eigenvalue weighted by Gasteiger charge is -2.35.